The zero-order valence-corrected chi connectivity index (χ0v) is 12.6. The van der Waals surface area contributed by atoms with Crippen LogP contribution in [0.3, 0.4) is 0 Å². The maximum absolute atomic E-state index is 3.41. The molecule has 2 unspecified atom stereocenters. The van der Waals surface area contributed by atoms with E-state index in [9.17, 15) is 0 Å². The molecule has 2 nitrogen and oxygen atoms in total. The molecule has 0 bridgehead atoms. The van der Waals surface area contributed by atoms with Gasteiger partial charge in [-0.3, -0.25) is 4.90 Å². The summed E-state index contributed by atoms with van der Waals surface area (Å²) >= 11 is 0. The van der Waals surface area contributed by atoms with E-state index >= 15 is 0 Å². The Labute approximate surface area is 108 Å². The molecule has 0 saturated carbocycles. The molecule has 102 valence electrons. The number of likely N-dealkylation sites (tertiary alicyclic amines) is 1. The molecular weight excluding hydrogens is 208 g/mol. The molecule has 2 atom stereocenters. The van der Waals surface area contributed by atoms with Crippen LogP contribution in [-0.4, -0.2) is 37.1 Å². The topological polar surface area (TPSA) is 15.3 Å². The summed E-state index contributed by atoms with van der Waals surface area (Å²) in [6.07, 6.45) is 6.67. The average Bonchev–Trinajstić information content (AvgIpc) is 2.69. The lowest BCUT2D eigenvalue weighted by atomic mass is 9.81. The Kier molecular flexibility index (Phi) is 5.94. The molecule has 0 aromatic rings. The fourth-order valence-corrected chi connectivity index (χ4v) is 3.39. The maximum Gasteiger partial charge on any atom is 0.00962 e. The molecular formula is C15H32N2. The molecule has 2 heteroatoms. The van der Waals surface area contributed by atoms with Crippen molar-refractivity contribution < 1.29 is 0 Å². The van der Waals surface area contributed by atoms with Crippen molar-refractivity contribution >= 4 is 0 Å². The summed E-state index contributed by atoms with van der Waals surface area (Å²) < 4.78 is 0. The molecule has 1 saturated heterocycles. The summed E-state index contributed by atoms with van der Waals surface area (Å²) in [5, 5.41) is 3.41. The Bertz CT molecular complexity index is 211. The second-order valence-corrected chi connectivity index (χ2v) is 5.90. The van der Waals surface area contributed by atoms with E-state index in [4.69, 9.17) is 0 Å². The number of rotatable bonds is 7. The SMILES string of the molecule is CCC1CCC(C)N1CC(CC)(CC)CNC. The molecule has 0 aliphatic carbocycles. The van der Waals surface area contributed by atoms with Gasteiger partial charge >= 0.3 is 0 Å². The van der Waals surface area contributed by atoms with E-state index in [0.29, 0.717) is 5.41 Å². The monoisotopic (exact) mass is 240 g/mol. The molecule has 0 spiro atoms. The molecule has 0 aromatic heterocycles. The number of hydrogen-bond donors (Lipinski definition) is 1. The molecule has 0 aromatic carbocycles. The van der Waals surface area contributed by atoms with Gasteiger partial charge in [0.1, 0.15) is 0 Å². The zero-order valence-electron chi connectivity index (χ0n) is 12.6. The highest BCUT2D eigenvalue weighted by molar-refractivity contribution is 4.91. The van der Waals surface area contributed by atoms with Gasteiger partial charge in [-0.15, -0.1) is 0 Å². The first-order valence-electron chi connectivity index (χ1n) is 7.52. The van der Waals surface area contributed by atoms with Crippen LogP contribution in [0.5, 0.6) is 0 Å². The Balaban J connectivity index is 2.70. The number of nitrogens with one attached hydrogen (secondary N) is 1. The Hall–Kier alpha value is -0.0800. The van der Waals surface area contributed by atoms with E-state index in [1.54, 1.807) is 0 Å². The molecule has 1 aliphatic heterocycles. The quantitative estimate of drug-likeness (QED) is 0.735. The van der Waals surface area contributed by atoms with E-state index in [-0.39, 0.29) is 0 Å². The highest BCUT2D eigenvalue weighted by Crippen LogP contribution is 2.33. The van der Waals surface area contributed by atoms with Crippen LogP contribution in [0.1, 0.15) is 59.8 Å². The first kappa shape index (κ1) is 15.0. The smallest absolute Gasteiger partial charge is 0.00962 e. The predicted molar refractivity (Wildman–Crippen MR) is 76.4 cm³/mol. The minimum atomic E-state index is 0.473. The van der Waals surface area contributed by atoms with Crippen LogP contribution in [-0.2, 0) is 0 Å². The van der Waals surface area contributed by atoms with Crippen LogP contribution in [0.2, 0.25) is 0 Å². The van der Waals surface area contributed by atoms with E-state index < -0.39 is 0 Å². The van der Waals surface area contributed by atoms with Crippen molar-refractivity contribution in [1.29, 1.82) is 0 Å². The largest absolute Gasteiger partial charge is 0.319 e. The maximum atomic E-state index is 3.41. The van der Waals surface area contributed by atoms with Gasteiger partial charge in [0.25, 0.3) is 0 Å². The van der Waals surface area contributed by atoms with Crippen LogP contribution >= 0.6 is 0 Å². The third kappa shape index (κ3) is 3.45. The molecule has 17 heavy (non-hydrogen) atoms. The van der Waals surface area contributed by atoms with Crippen molar-refractivity contribution in [3.05, 3.63) is 0 Å². The first-order valence-corrected chi connectivity index (χ1v) is 7.52. The normalized spacial score (nSPS) is 26.6. The lowest BCUT2D eigenvalue weighted by Crippen LogP contribution is -2.46. The van der Waals surface area contributed by atoms with Gasteiger partial charge < -0.3 is 5.32 Å². The lowest BCUT2D eigenvalue weighted by Gasteiger charge is -2.40. The fourth-order valence-electron chi connectivity index (χ4n) is 3.39. The average molecular weight is 240 g/mol. The second kappa shape index (κ2) is 6.75. The van der Waals surface area contributed by atoms with Crippen molar-refractivity contribution in [2.24, 2.45) is 5.41 Å². The summed E-state index contributed by atoms with van der Waals surface area (Å²) in [6, 6.07) is 1.62. The number of hydrogen-bond acceptors (Lipinski definition) is 2. The lowest BCUT2D eigenvalue weighted by molar-refractivity contribution is 0.0985. The van der Waals surface area contributed by atoms with E-state index in [2.05, 4.69) is 45.0 Å². The van der Waals surface area contributed by atoms with Crippen LogP contribution in [0, 0.1) is 5.41 Å². The minimum absolute atomic E-state index is 0.473. The fraction of sp³-hybridized carbons (Fsp3) is 1.00. The summed E-state index contributed by atoms with van der Waals surface area (Å²) in [5.74, 6) is 0. The highest BCUT2D eigenvalue weighted by atomic mass is 15.2. The molecule has 1 rings (SSSR count). The van der Waals surface area contributed by atoms with Crippen molar-refractivity contribution in [1.82, 2.24) is 10.2 Å². The summed E-state index contributed by atoms with van der Waals surface area (Å²) in [6.45, 7) is 11.9. The van der Waals surface area contributed by atoms with E-state index in [0.717, 1.165) is 18.6 Å². The van der Waals surface area contributed by atoms with E-state index in [1.165, 1.54) is 38.6 Å². The third-order valence-electron chi connectivity index (χ3n) is 4.99. The van der Waals surface area contributed by atoms with Gasteiger partial charge in [-0.2, -0.15) is 0 Å². The van der Waals surface area contributed by atoms with Gasteiger partial charge in [-0.25, -0.2) is 0 Å². The first-order chi connectivity index (χ1) is 8.12. The second-order valence-electron chi connectivity index (χ2n) is 5.90. The number of nitrogens with zero attached hydrogens (tertiary/aromatic N) is 1. The van der Waals surface area contributed by atoms with Gasteiger partial charge in [-0.1, -0.05) is 20.8 Å². The predicted octanol–water partition coefficient (Wildman–Crippen LogP) is 3.28. The molecule has 0 amide bonds. The van der Waals surface area contributed by atoms with Crippen molar-refractivity contribution in [3.8, 4) is 0 Å². The summed E-state index contributed by atoms with van der Waals surface area (Å²) in [7, 11) is 2.09. The Morgan fingerprint density at radius 2 is 1.82 bits per heavy atom. The Morgan fingerprint density at radius 3 is 2.29 bits per heavy atom. The van der Waals surface area contributed by atoms with Crippen molar-refractivity contribution in [3.63, 3.8) is 0 Å². The minimum Gasteiger partial charge on any atom is -0.319 e. The van der Waals surface area contributed by atoms with Crippen molar-refractivity contribution in [2.45, 2.75) is 71.9 Å². The Morgan fingerprint density at radius 1 is 1.18 bits per heavy atom. The van der Waals surface area contributed by atoms with Crippen LogP contribution in [0.15, 0.2) is 0 Å². The molecule has 0 radical (unpaired) electrons. The zero-order chi connectivity index (χ0) is 12.9. The van der Waals surface area contributed by atoms with Crippen LogP contribution in [0.25, 0.3) is 0 Å². The van der Waals surface area contributed by atoms with Gasteiger partial charge in [0.05, 0.1) is 0 Å². The van der Waals surface area contributed by atoms with Crippen LogP contribution < -0.4 is 5.32 Å². The van der Waals surface area contributed by atoms with Crippen molar-refractivity contribution in [2.75, 3.05) is 20.1 Å². The van der Waals surface area contributed by atoms with Gasteiger partial charge in [-0.05, 0) is 51.5 Å². The van der Waals surface area contributed by atoms with Gasteiger partial charge in [0, 0.05) is 25.2 Å². The highest BCUT2D eigenvalue weighted by Gasteiger charge is 2.36. The molecule has 1 aliphatic rings. The summed E-state index contributed by atoms with van der Waals surface area (Å²) in [4.78, 5) is 2.78. The van der Waals surface area contributed by atoms with Gasteiger partial charge in [0.2, 0.25) is 0 Å². The standard InChI is InChI=1S/C15H32N2/c1-6-14-10-9-13(4)17(14)12-15(7-2,8-3)11-16-5/h13-14,16H,6-12H2,1-5H3. The summed E-state index contributed by atoms with van der Waals surface area (Å²) in [5.41, 5.74) is 0.473. The molecule has 1 heterocycles. The van der Waals surface area contributed by atoms with Gasteiger partial charge in [0.15, 0.2) is 0 Å². The molecule has 1 fully saturated rings. The molecule has 1 N–H and O–H groups in total. The third-order valence-corrected chi connectivity index (χ3v) is 4.99. The van der Waals surface area contributed by atoms with Crippen LogP contribution in [0.4, 0.5) is 0 Å². The van der Waals surface area contributed by atoms with E-state index in [1.807, 2.05) is 0 Å².